The molecule has 0 heterocycles. The number of unbranched alkanes of at least 4 members (excludes halogenated alkanes) is 19. The topological polar surface area (TPSA) is 26.3 Å². The molecule has 0 aliphatic carbocycles. The van der Waals surface area contributed by atoms with E-state index >= 15 is 0 Å². The van der Waals surface area contributed by atoms with E-state index in [1.54, 1.807) is 0 Å². The fourth-order valence-electron chi connectivity index (χ4n) is 5.07. The minimum Gasteiger partial charge on any atom is -0.457 e. The van der Waals surface area contributed by atoms with Crippen LogP contribution in [-0.2, 0) is 9.53 Å². The first kappa shape index (κ1) is 33.2. The van der Waals surface area contributed by atoms with Crippen molar-refractivity contribution in [2.24, 2.45) is 0 Å². The Morgan fingerprint density at radius 2 is 0.941 bits per heavy atom. The van der Waals surface area contributed by atoms with Crippen LogP contribution in [0.1, 0.15) is 149 Å². The standard InChI is InChI=1S/C31H62NO2/c1-5-9-10-11-12-13-14-15-16-17-18-19-20-21-22-23-24-25-26-27-28-32(7-3,8-4)29-30-34-31(33)6-2/h6H,2,5,7-30H2,1,3-4H3/q+1. The molecule has 0 aromatic rings. The summed E-state index contributed by atoms with van der Waals surface area (Å²) in [6.45, 7) is 15.1. The number of rotatable bonds is 27. The van der Waals surface area contributed by atoms with E-state index in [9.17, 15) is 4.79 Å². The molecule has 0 amide bonds. The highest BCUT2D eigenvalue weighted by molar-refractivity contribution is 5.81. The Balaban J connectivity index is 3.43. The molecule has 0 saturated heterocycles. The quantitative estimate of drug-likeness (QED) is 0.0506. The van der Waals surface area contributed by atoms with Crippen LogP contribution in [0.15, 0.2) is 12.7 Å². The van der Waals surface area contributed by atoms with Crippen molar-refractivity contribution in [2.75, 3.05) is 32.8 Å². The van der Waals surface area contributed by atoms with E-state index in [2.05, 4.69) is 27.4 Å². The zero-order chi connectivity index (χ0) is 25.2. The molecule has 202 valence electrons. The molecule has 0 fully saturated rings. The van der Waals surface area contributed by atoms with Gasteiger partial charge < -0.3 is 9.22 Å². The van der Waals surface area contributed by atoms with Gasteiger partial charge in [0.2, 0.25) is 0 Å². The number of hydrogen-bond donors (Lipinski definition) is 0. The molecule has 3 nitrogen and oxygen atoms in total. The van der Waals surface area contributed by atoms with Gasteiger partial charge in [0, 0.05) is 6.08 Å². The van der Waals surface area contributed by atoms with Crippen molar-refractivity contribution >= 4 is 5.97 Å². The monoisotopic (exact) mass is 480 g/mol. The Labute approximate surface area is 214 Å². The SMILES string of the molecule is C=CC(=O)OCC[N+](CC)(CC)CCCCCCCCCCCCCCCCCCCCCC. The van der Waals surface area contributed by atoms with Crippen LogP contribution >= 0.6 is 0 Å². The normalized spacial score (nSPS) is 11.6. The molecule has 0 unspecified atom stereocenters. The molecule has 0 atom stereocenters. The van der Waals surface area contributed by atoms with Gasteiger partial charge in [0.25, 0.3) is 0 Å². The second-order valence-corrected chi connectivity index (χ2v) is 10.5. The third kappa shape index (κ3) is 20.5. The van der Waals surface area contributed by atoms with Gasteiger partial charge in [0.05, 0.1) is 19.6 Å². The minimum atomic E-state index is -0.302. The van der Waals surface area contributed by atoms with Crippen molar-refractivity contribution in [2.45, 2.75) is 149 Å². The molecule has 0 rings (SSSR count). The van der Waals surface area contributed by atoms with E-state index in [0.717, 1.165) is 24.1 Å². The maximum absolute atomic E-state index is 11.3. The third-order valence-corrected chi connectivity index (χ3v) is 7.80. The van der Waals surface area contributed by atoms with Gasteiger partial charge in [0.15, 0.2) is 0 Å². The van der Waals surface area contributed by atoms with Crippen LogP contribution < -0.4 is 0 Å². The van der Waals surface area contributed by atoms with Crippen LogP contribution in [0.4, 0.5) is 0 Å². The largest absolute Gasteiger partial charge is 0.457 e. The molecule has 0 bridgehead atoms. The van der Waals surface area contributed by atoms with Gasteiger partial charge in [-0.3, -0.25) is 0 Å². The molecule has 0 saturated carbocycles. The maximum atomic E-state index is 11.3. The van der Waals surface area contributed by atoms with E-state index < -0.39 is 0 Å². The van der Waals surface area contributed by atoms with Crippen LogP contribution in [0.5, 0.6) is 0 Å². The fourth-order valence-corrected chi connectivity index (χ4v) is 5.07. The molecule has 0 N–H and O–H groups in total. The lowest BCUT2D eigenvalue weighted by Crippen LogP contribution is -2.50. The Kier molecular flexibility index (Phi) is 24.7. The van der Waals surface area contributed by atoms with Gasteiger partial charge in [-0.2, -0.15) is 0 Å². The average Bonchev–Trinajstić information content (AvgIpc) is 2.86. The highest BCUT2D eigenvalue weighted by Gasteiger charge is 2.22. The molecule has 0 aliphatic heterocycles. The van der Waals surface area contributed by atoms with Gasteiger partial charge in [-0.05, 0) is 26.7 Å². The summed E-state index contributed by atoms with van der Waals surface area (Å²) >= 11 is 0. The molecule has 0 aromatic heterocycles. The summed E-state index contributed by atoms with van der Waals surface area (Å²) in [5.41, 5.74) is 0. The Morgan fingerprint density at radius 1 is 0.588 bits per heavy atom. The van der Waals surface area contributed by atoms with E-state index in [1.807, 2.05) is 0 Å². The lowest BCUT2D eigenvalue weighted by atomic mass is 10.0. The second-order valence-electron chi connectivity index (χ2n) is 10.5. The number of nitrogens with zero attached hydrogens (tertiary/aromatic N) is 1. The van der Waals surface area contributed by atoms with Crippen molar-refractivity contribution in [3.05, 3.63) is 12.7 Å². The van der Waals surface area contributed by atoms with Crippen molar-refractivity contribution in [1.29, 1.82) is 0 Å². The van der Waals surface area contributed by atoms with Crippen LogP contribution in [0.25, 0.3) is 0 Å². The summed E-state index contributed by atoms with van der Waals surface area (Å²) in [7, 11) is 0. The fraction of sp³-hybridized carbons (Fsp3) is 0.903. The van der Waals surface area contributed by atoms with Crippen LogP contribution in [-0.4, -0.2) is 43.2 Å². The Morgan fingerprint density at radius 3 is 1.26 bits per heavy atom. The first-order valence-corrected chi connectivity index (χ1v) is 15.3. The van der Waals surface area contributed by atoms with Gasteiger partial charge in [-0.25, -0.2) is 4.79 Å². The number of ether oxygens (including phenoxy) is 1. The number of hydrogen-bond acceptors (Lipinski definition) is 2. The lowest BCUT2D eigenvalue weighted by molar-refractivity contribution is -0.925. The minimum absolute atomic E-state index is 0.302. The lowest BCUT2D eigenvalue weighted by Gasteiger charge is -2.36. The van der Waals surface area contributed by atoms with Crippen LogP contribution in [0, 0.1) is 0 Å². The predicted molar refractivity (Wildman–Crippen MR) is 150 cm³/mol. The van der Waals surface area contributed by atoms with Crippen molar-refractivity contribution in [3.63, 3.8) is 0 Å². The molecule has 0 aliphatic rings. The summed E-state index contributed by atoms with van der Waals surface area (Å²) in [6.07, 6.45) is 29.8. The Hall–Kier alpha value is -0.830. The molecule has 34 heavy (non-hydrogen) atoms. The van der Waals surface area contributed by atoms with Crippen LogP contribution in [0.3, 0.4) is 0 Å². The molecule has 0 radical (unpaired) electrons. The highest BCUT2D eigenvalue weighted by Crippen LogP contribution is 2.16. The van der Waals surface area contributed by atoms with Crippen molar-refractivity contribution < 1.29 is 14.0 Å². The summed E-state index contributed by atoms with van der Waals surface area (Å²) in [4.78, 5) is 11.3. The first-order chi connectivity index (χ1) is 16.6. The second kappa shape index (κ2) is 25.3. The zero-order valence-corrected chi connectivity index (χ0v) is 23.7. The smallest absolute Gasteiger partial charge is 0.330 e. The molecular weight excluding hydrogens is 418 g/mol. The maximum Gasteiger partial charge on any atom is 0.330 e. The van der Waals surface area contributed by atoms with E-state index in [0.29, 0.717) is 6.61 Å². The summed E-state index contributed by atoms with van der Waals surface area (Å²) in [5, 5.41) is 0. The molecule has 0 aromatic carbocycles. The average molecular weight is 481 g/mol. The summed E-state index contributed by atoms with van der Waals surface area (Å²) in [6, 6.07) is 0. The van der Waals surface area contributed by atoms with Gasteiger partial charge in [0.1, 0.15) is 13.2 Å². The number of carbonyl (C=O) groups is 1. The number of carbonyl (C=O) groups excluding carboxylic acids is 1. The predicted octanol–water partition coefficient (Wildman–Crippen LogP) is 9.39. The van der Waals surface area contributed by atoms with Gasteiger partial charge >= 0.3 is 5.97 Å². The van der Waals surface area contributed by atoms with Crippen molar-refractivity contribution in [1.82, 2.24) is 0 Å². The third-order valence-electron chi connectivity index (χ3n) is 7.80. The zero-order valence-electron chi connectivity index (χ0n) is 23.7. The van der Waals surface area contributed by atoms with Crippen LogP contribution in [0.2, 0.25) is 0 Å². The van der Waals surface area contributed by atoms with E-state index in [4.69, 9.17) is 4.74 Å². The molecular formula is C31H62NO2+. The van der Waals surface area contributed by atoms with Gasteiger partial charge in [-0.15, -0.1) is 0 Å². The van der Waals surface area contributed by atoms with E-state index in [1.165, 1.54) is 141 Å². The first-order valence-electron chi connectivity index (χ1n) is 15.3. The molecule has 0 spiro atoms. The molecule has 3 heteroatoms. The van der Waals surface area contributed by atoms with Gasteiger partial charge in [-0.1, -0.05) is 129 Å². The Bertz CT molecular complexity index is 445. The summed E-state index contributed by atoms with van der Waals surface area (Å²) in [5.74, 6) is -0.302. The number of likely N-dealkylation sites (N-methyl/N-ethyl adjacent to an activating group) is 1. The number of esters is 1. The highest BCUT2D eigenvalue weighted by atomic mass is 16.5. The van der Waals surface area contributed by atoms with E-state index in [-0.39, 0.29) is 5.97 Å². The number of quaternary nitrogens is 1. The summed E-state index contributed by atoms with van der Waals surface area (Å²) < 4.78 is 6.28. The van der Waals surface area contributed by atoms with Crippen molar-refractivity contribution in [3.8, 4) is 0 Å².